The first-order valence-electron chi connectivity index (χ1n) is 6.89. The number of nitrogens with zero attached hydrogens (tertiary/aromatic N) is 1. The molecule has 1 aromatic rings. The van der Waals surface area contributed by atoms with Gasteiger partial charge >= 0.3 is 0 Å². The van der Waals surface area contributed by atoms with Crippen molar-refractivity contribution in [2.75, 3.05) is 20.1 Å². The molecule has 4 nitrogen and oxygen atoms in total. The number of benzene rings is 1. The second kappa shape index (κ2) is 6.65. The molecule has 1 saturated heterocycles. The van der Waals surface area contributed by atoms with Gasteiger partial charge in [0.05, 0.1) is 5.75 Å². The third-order valence-corrected chi connectivity index (χ3v) is 5.42. The van der Waals surface area contributed by atoms with Crippen LogP contribution in [-0.4, -0.2) is 38.9 Å². The Morgan fingerprint density at radius 2 is 2.00 bits per heavy atom. The van der Waals surface area contributed by atoms with Gasteiger partial charge in [0, 0.05) is 19.6 Å². The third-order valence-electron chi connectivity index (χ3n) is 3.63. The molecule has 0 radical (unpaired) electrons. The fraction of sp³-hybridized carbons (Fsp3) is 0.571. The summed E-state index contributed by atoms with van der Waals surface area (Å²) in [7, 11) is -1.75. The molecule has 1 heterocycles. The first-order valence-corrected chi connectivity index (χ1v) is 8.50. The van der Waals surface area contributed by atoms with Crippen molar-refractivity contribution in [3.8, 4) is 0 Å². The minimum absolute atomic E-state index is 0.0868. The smallest absolute Gasteiger partial charge is 0.218 e. The van der Waals surface area contributed by atoms with Crippen LogP contribution >= 0.6 is 0 Å². The molecule has 6 heteroatoms. The van der Waals surface area contributed by atoms with E-state index in [-0.39, 0.29) is 17.6 Å². The monoisotopic (exact) mass is 300 g/mol. The lowest BCUT2D eigenvalue weighted by Gasteiger charge is -2.27. The van der Waals surface area contributed by atoms with Gasteiger partial charge in [0.15, 0.2) is 0 Å². The van der Waals surface area contributed by atoms with Crippen LogP contribution in [0.3, 0.4) is 0 Å². The normalized spacial score (nSPS) is 20.2. The molecule has 0 aliphatic carbocycles. The topological polar surface area (TPSA) is 49.4 Å². The summed E-state index contributed by atoms with van der Waals surface area (Å²) in [6.07, 6.45) is 3.31. The summed E-state index contributed by atoms with van der Waals surface area (Å²) in [4.78, 5) is 0. The van der Waals surface area contributed by atoms with Crippen LogP contribution in [0.5, 0.6) is 0 Å². The molecule has 1 aliphatic rings. The zero-order chi connectivity index (χ0) is 14.6. The Labute approximate surface area is 120 Å². The zero-order valence-electron chi connectivity index (χ0n) is 11.7. The average molecular weight is 300 g/mol. The Bertz CT molecular complexity index is 525. The molecule has 1 aliphatic heterocycles. The summed E-state index contributed by atoms with van der Waals surface area (Å²) in [5.41, 5.74) is 0.606. The van der Waals surface area contributed by atoms with Crippen molar-refractivity contribution in [3.63, 3.8) is 0 Å². The highest BCUT2D eigenvalue weighted by Gasteiger charge is 2.23. The first kappa shape index (κ1) is 15.4. The van der Waals surface area contributed by atoms with Gasteiger partial charge in [-0.25, -0.2) is 17.1 Å². The van der Waals surface area contributed by atoms with Crippen molar-refractivity contribution in [2.45, 2.75) is 31.1 Å². The second-order valence-electron chi connectivity index (χ2n) is 5.31. The van der Waals surface area contributed by atoms with Gasteiger partial charge in [-0.3, -0.25) is 0 Å². The summed E-state index contributed by atoms with van der Waals surface area (Å²) in [5, 5.41) is 3.34. The van der Waals surface area contributed by atoms with E-state index in [0.29, 0.717) is 12.1 Å². The largest absolute Gasteiger partial charge is 0.313 e. The fourth-order valence-corrected chi connectivity index (χ4v) is 3.65. The molecule has 20 heavy (non-hydrogen) atoms. The van der Waals surface area contributed by atoms with Crippen LogP contribution in [0, 0.1) is 5.82 Å². The number of rotatable bonds is 5. The van der Waals surface area contributed by atoms with Crippen LogP contribution < -0.4 is 5.32 Å². The van der Waals surface area contributed by atoms with Crippen LogP contribution in [0.25, 0.3) is 0 Å². The molecular formula is C14H21FN2O2S. The van der Waals surface area contributed by atoms with E-state index in [1.54, 1.807) is 7.05 Å². The van der Waals surface area contributed by atoms with Gasteiger partial charge in [0.2, 0.25) is 10.0 Å². The average Bonchev–Trinajstić information content (AvgIpc) is 2.42. The van der Waals surface area contributed by atoms with E-state index in [2.05, 4.69) is 5.32 Å². The number of hydrogen-bond acceptors (Lipinski definition) is 3. The lowest BCUT2D eigenvalue weighted by Crippen LogP contribution is -2.44. The fourth-order valence-electron chi connectivity index (χ4n) is 2.41. The molecule has 0 bridgehead atoms. The highest BCUT2D eigenvalue weighted by molar-refractivity contribution is 7.88. The van der Waals surface area contributed by atoms with Crippen molar-refractivity contribution < 1.29 is 12.8 Å². The van der Waals surface area contributed by atoms with Gasteiger partial charge in [0.25, 0.3) is 0 Å². The molecule has 0 spiro atoms. The summed E-state index contributed by atoms with van der Waals surface area (Å²) < 4.78 is 38.7. The van der Waals surface area contributed by atoms with Crippen molar-refractivity contribution in [2.24, 2.45) is 0 Å². The van der Waals surface area contributed by atoms with Gasteiger partial charge < -0.3 is 5.32 Å². The molecular weight excluding hydrogens is 279 g/mol. The molecule has 1 atom stereocenters. The van der Waals surface area contributed by atoms with E-state index >= 15 is 0 Å². The minimum atomic E-state index is -3.35. The van der Waals surface area contributed by atoms with Crippen LogP contribution in [0.4, 0.5) is 4.39 Å². The third kappa shape index (κ3) is 4.26. The first-order chi connectivity index (χ1) is 9.47. The van der Waals surface area contributed by atoms with Crippen LogP contribution in [0.1, 0.15) is 24.8 Å². The van der Waals surface area contributed by atoms with E-state index < -0.39 is 10.0 Å². The number of likely N-dealkylation sites (N-methyl/N-ethyl adjacent to an activating group) is 1. The van der Waals surface area contributed by atoms with Crippen LogP contribution in [0.15, 0.2) is 24.3 Å². The molecule has 1 N–H and O–H groups in total. The SMILES string of the molecule is CN(CC1CCCCN1)S(=O)(=O)Cc1ccc(F)cc1. The number of sulfonamides is 1. The van der Waals surface area contributed by atoms with E-state index in [4.69, 9.17) is 0 Å². The standard InChI is InChI=1S/C14H21FN2O2S/c1-17(10-14-4-2-3-9-16-14)20(18,19)11-12-5-7-13(15)8-6-12/h5-8,14,16H,2-4,9-11H2,1H3. The maximum Gasteiger partial charge on any atom is 0.218 e. The highest BCUT2D eigenvalue weighted by Crippen LogP contribution is 2.13. The Hall–Kier alpha value is -0.980. The molecule has 1 unspecified atom stereocenters. The van der Waals surface area contributed by atoms with E-state index in [1.807, 2.05) is 0 Å². The summed E-state index contributed by atoms with van der Waals surface area (Å²) in [6.45, 7) is 1.44. The maximum atomic E-state index is 12.8. The molecule has 2 rings (SSSR count). The highest BCUT2D eigenvalue weighted by atomic mass is 32.2. The van der Waals surface area contributed by atoms with E-state index in [1.165, 1.54) is 28.6 Å². The number of hydrogen-bond donors (Lipinski definition) is 1. The lowest BCUT2D eigenvalue weighted by atomic mass is 10.1. The Morgan fingerprint density at radius 3 is 2.60 bits per heavy atom. The van der Waals surface area contributed by atoms with Crippen molar-refractivity contribution in [1.29, 1.82) is 0 Å². The van der Waals surface area contributed by atoms with Gasteiger partial charge in [-0.05, 0) is 37.1 Å². The quantitative estimate of drug-likeness (QED) is 0.901. The zero-order valence-corrected chi connectivity index (χ0v) is 12.5. The molecule has 0 aromatic heterocycles. The van der Waals surface area contributed by atoms with E-state index in [0.717, 1.165) is 25.8 Å². The minimum Gasteiger partial charge on any atom is -0.313 e. The predicted molar refractivity (Wildman–Crippen MR) is 77.3 cm³/mol. The van der Waals surface area contributed by atoms with Gasteiger partial charge in [0.1, 0.15) is 5.82 Å². The molecule has 112 valence electrons. The summed E-state index contributed by atoms with van der Waals surface area (Å²) >= 11 is 0. The lowest BCUT2D eigenvalue weighted by molar-refractivity contribution is 0.337. The predicted octanol–water partition coefficient (Wildman–Crippen LogP) is 1.73. The van der Waals surface area contributed by atoms with Crippen molar-refractivity contribution in [1.82, 2.24) is 9.62 Å². The second-order valence-corrected chi connectivity index (χ2v) is 7.39. The number of nitrogens with one attached hydrogen (secondary N) is 1. The molecule has 1 aromatic carbocycles. The molecule has 0 amide bonds. The van der Waals surface area contributed by atoms with Crippen molar-refractivity contribution >= 4 is 10.0 Å². The van der Waals surface area contributed by atoms with Crippen LogP contribution in [-0.2, 0) is 15.8 Å². The van der Waals surface area contributed by atoms with Gasteiger partial charge in [-0.15, -0.1) is 0 Å². The summed E-state index contributed by atoms with van der Waals surface area (Å²) in [6, 6.07) is 5.83. The Kier molecular flexibility index (Phi) is 5.12. The van der Waals surface area contributed by atoms with Gasteiger partial charge in [-0.2, -0.15) is 0 Å². The molecule has 0 saturated carbocycles. The van der Waals surface area contributed by atoms with Crippen molar-refractivity contribution in [3.05, 3.63) is 35.6 Å². The maximum absolute atomic E-state index is 12.8. The molecule has 1 fully saturated rings. The number of halogens is 1. The Morgan fingerprint density at radius 1 is 1.30 bits per heavy atom. The Balaban J connectivity index is 1.96. The van der Waals surface area contributed by atoms with Gasteiger partial charge in [-0.1, -0.05) is 18.6 Å². The van der Waals surface area contributed by atoms with E-state index in [9.17, 15) is 12.8 Å². The number of piperidine rings is 1. The van der Waals surface area contributed by atoms with Crippen LogP contribution in [0.2, 0.25) is 0 Å². The summed E-state index contributed by atoms with van der Waals surface area (Å²) in [5.74, 6) is -0.442.